The van der Waals surface area contributed by atoms with E-state index in [0.29, 0.717) is 0 Å². The molecule has 0 spiro atoms. The van der Waals surface area contributed by atoms with Crippen LogP contribution in [0.1, 0.15) is 34.6 Å². The van der Waals surface area contributed by atoms with Crippen LogP contribution >= 0.6 is 11.6 Å². The van der Waals surface area contributed by atoms with Crippen LogP contribution in [0.5, 0.6) is 0 Å². The molecule has 0 aliphatic carbocycles. The maximum Gasteiger partial charge on any atom is 0.253 e. The van der Waals surface area contributed by atoms with E-state index in [1.165, 1.54) is 0 Å². The molecule has 7 heteroatoms. The summed E-state index contributed by atoms with van der Waals surface area (Å²) in [6.07, 6.45) is 1.65. The van der Waals surface area contributed by atoms with Crippen LogP contribution in [0, 0.1) is 18.6 Å². The third-order valence-electron chi connectivity index (χ3n) is 3.34. The topological polar surface area (TPSA) is 46.9 Å². The Morgan fingerprint density at radius 3 is 2.57 bits per heavy atom. The van der Waals surface area contributed by atoms with Crippen molar-refractivity contribution in [2.24, 2.45) is 7.05 Å². The number of hydrogen-bond donors (Lipinski definition) is 1. The summed E-state index contributed by atoms with van der Waals surface area (Å²) in [6, 6.07) is 1.23. The number of aromatic nitrogens is 2. The largest absolute Gasteiger partial charge is 0.345 e. The fourth-order valence-corrected chi connectivity index (χ4v) is 2.23. The number of benzene rings is 1. The van der Waals surface area contributed by atoms with E-state index in [1.54, 1.807) is 24.9 Å². The second-order valence-corrected chi connectivity index (χ2v) is 5.16. The average Bonchev–Trinajstić information content (AvgIpc) is 2.74. The number of carbonyl (C=O) groups is 1. The summed E-state index contributed by atoms with van der Waals surface area (Å²) < 4.78 is 27.9. The van der Waals surface area contributed by atoms with Gasteiger partial charge in [0.1, 0.15) is 0 Å². The highest BCUT2D eigenvalue weighted by atomic mass is 35.5. The molecule has 0 saturated carbocycles. The molecule has 2 rings (SSSR count). The average molecular weight is 314 g/mol. The smallest absolute Gasteiger partial charge is 0.253 e. The Morgan fingerprint density at radius 2 is 2.00 bits per heavy atom. The number of carbonyl (C=O) groups excluding carboxylic acids is 1. The molecule has 1 aromatic carbocycles. The molecule has 4 nitrogen and oxygen atoms in total. The van der Waals surface area contributed by atoms with E-state index < -0.39 is 17.5 Å². The van der Waals surface area contributed by atoms with Crippen molar-refractivity contribution in [1.82, 2.24) is 15.1 Å². The first-order valence-electron chi connectivity index (χ1n) is 6.25. The van der Waals surface area contributed by atoms with Gasteiger partial charge in [-0.2, -0.15) is 5.10 Å². The molecule has 0 fully saturated rings. The van der Waals surface area contributed by atoms with E-state index in [9.17, 15) is 13.6 Å². The van der Waals surface area contributed by atoms with Gasteiger partial charge in [-0.25, -0.2) is 8.78 Å². The first kappa shape index (κ1) is 15.4. The van der Waals surface area contributed by atoms with Gasteiger partial charge < -0.3 is 5.32 Å². The van der Waals surface area contributed by atoms with Gasteiger partial charge in [0.2, 0.25) is 0 Å². The Labute approximate surface area is 125 Å². The van der Waals surface area contributed by atoms with E-state index in [-0.39, 0.29) is 16.6 Å². The number of halogens is 3. The molecule has 1 amide bonds. The van der Waals surface area contributed by atoms with E-state index >= 15 is 0 Å². The van der Waals surface area contributed by atoms with Crippen molar-refractivity contribution < 1.29 is 13.6 Å². The zero-order valence-corrected chi connectivity index (χ0v) is 12.5. The molecule has 21 heavy (non-hydrogen) atoms. The van der Waals surface area contributed by atoms with Crippen molar-refractivity contribution in [3.05, 3.63) is 51.8 Å². The summed E-state index contributed by atoms with van der Waals surface area (Å²) in [6.45, 7) is 3.64. The number of amides is 1. The van der Waals surface area contributed by atoms with Crippen molar-refractivity contribution in [3.8, 4) is 0 Å². The van der Waals surface area contributed by atoms with Gasteiger partial charge in [0.25, 0.3) is 5.91 Å². The Kier molecular flexibility index (Phi) is 4.27. The molecule has 2 aromatic rings. The maximum atomic E-state index is 13.2. The van der Waals surface area contributed by atoms with Crippen LogP contribution < -0.4 is 5.32 Å². The lowest BCUT2D eigenvalue weighted by Crippen LogP contribution is -2.27. The molecule has 0 bridgehead atoms. The molecule has 0 radical (unpaired) electrons. The highest BCUT2D eigenvalue weighted by molar-refractivity contribution is 6.33. The number of rotatable bonds is 3. The van der Waals surface area contributed by atoms with Gasteiger partial charge in [-0.15, -0.1) is 0 Å². The van der Waals surface area contributed by atoms with Gasteiger partial charge in [-0.3, -0.25) is 9.48 Å². The molecular weight excluding hydrogens is 300 g/mol. The quantitative estimate of drug-likeness (QED) is 0.885. The minimum Gasteiger partial charge on any atom is -0.345 e. The molecule has 0 aliphatic heterocycles. The first-order valence-corrected chi connectivity index (χ1v) is 6.63. The Balaban J connectivity index is 2.22. The van der Waals surface area contributed by atoms with Crippen molar-refractivity contribution >= 4 is 17.5 Å². The van der Waals surface area contributed by atoms with Gasteiger partial charge in [-0.05, 0) is 26.0 Å². The lowest BCUT2D eigenvalue weighted by atomic mass is 10.1. The Bertz CT molecular complexity index is 700. The normalized spacial score (nSPS) is 12.3. The third kappa shape index (κ3) is 3.05. The van der Waals surface area contributed by atoms with Crippen LogP contribution in [-0.4, -0.2) is 15.7 Å². The number of aryl methyl sites for hydroxylation is 1. The van der Waals surface area contributed by atoms with Crippen molar-refractivity contribution in [2.45, 2.75) is 19.9 Å². The minimum atomic E-state index is -1.12. The maximum absolute atomic E-state index is 13.2. The Morgan fingerprint density at radius 1 is 1.38 bits per heavy atom. The van der Waals surface area contributed by atoms with Gasteiger partial charge in [0, 0.05) is 18.3 Å². The fraction of sp³-hybridized carbons (Fsp3) is 0.286. The molecule has 0 aliphatic rings. The molecule has 1 atom stereocenters. The summed E-state index contributed by atoms with van der Waals surface area (Å²) in [5.41, 5.74) is 1.63. The van der Waals surface area contributed by atoms with E-state index in [2.05, 4.69) is 10.4 Å². The van der Waals surface area contributed by atoms with Crippen LogP contribution in [0.2, 0.25) is 5.02 Å². The number of nitrogens with zero attached hydrogens (tertiary/aromatic N) is 2. The summed E-state index contributed by atoms with van der Waals surface area (Å²) in [4.78, 5) is 12.1. The van der Waals surface area contributed by atoms with Gasteiger partial charge >= 0.3 is 0 Å². The summed E-state index contributed by atoms with van der Waals surface area (Å²) in [7, 11) is 1.79. The van der Waals surface area contributed by atoms with Crippen LogP contribution in [0.15, 0.2) is 18.3 Å². The van der Waals surface area contributed by atoms with Crippen LogP contribution in [0.3, 0.4) is 0 Å². The van der Waals surface area contributed by atoms with E-state index in [1.807, 2.05) is 6.92 Å². The van der Waals surface area contributed by atoms with Crippen LogP contribution in [0.4, 0.5) is 8.78 Å². The molecule has 1 heterocycles. The van der Waals surface area contributed by atoms with Gasteiger partial charge in [0.15, 0.2) is 11.6 Å². The van der Waals surface area contributed by atoms with Crippen LogP contribution in [-0.2, 0) is 7.05 Å². The van der Waals surface area contributed by atoms with Crippen molar-refractivity contribution in [1.29, 1.82) is 0 Å². The van der Waals surface area contributed by atoms with Crippen molar-refractivity contribution in [2.75, 3.05) is 0 Å². The zero-order valence-electron chi connectivity index (χ0n) is 11.7. The van der Waals surface area contributed by atoms with E-state index in [0.717, 1.165) is 23.4 Å². The van der Waals surface area contributed by atoms with Gasteiger partial charge in [-0.1, -0.05) is 11.6 Å². The zero-order chi connectivity index (χ0) is 15.7. The minimum absolute atomic E-state index is 0.107. The molecule has 0 saturated heterocycles. The fourth-order valence-electron chi connectivity index (χ4n) is 1.99. The second-order valence-electron chi connectivity index (χ2n) is 4.75. The standard InChI is InChI=1S/C14H14ClF2N3O/c1-7(10-6-18-20(3)8(10)2)19-14(21)9-4-12(16)13(17)5-11(9)15/h4-7H,1-3H3,(H,19,21). The predicted octanol–water partition coefficient (Wildman–Crippen LogP) is 3.15. The molecule has 112 valence electrons. The SMILES string of the molecule is Cc1c(C(C)NC(=O)c2cc(F)c(F)cc2Cl)cnn1C. The second kappa shape index (κ2) is 5.81. The van der Waals surface area contributed by atoms with Crippen LogP contribution in [0.25, 0.3) is 0 Å². The highest BCUT2D eigenvalue weighted by Crippen LogP contribution is 2.22. The predicted molar refractivity (Wildman–Crippen MR) is 75.2 cm³/mol. The molecule has 1 aromatic heterocycles. The summed E-state index contributed by atoms with van der Waals surface area (Å²) in [5.74, 6) is -2.78. The molecule has 1 unspecified atom stereocenters. The third-order valence-corrected chi connectivity index (χ3v) is 3.65. The monoisotopic (exact) mass is 313 g/mol. The Hall–Kier alpha value is -1.95. The molecular formula is C14H14ClF2N3O. The first-order chi connectivity index (χ1) is 9.81. The summed E-state index contributed by atoms with van der Waals surface area (Å²) >= 11 is 5.78. The number of hydrogen-bond acceptors (Lipinski definition) is 2. The lowest BCUT2D eigenvalue weighted by Gasteiger charge is -2.14. The lowest BCUT2D eigenvalue weighted by molar-refractivity contribution is 0.0939. The van der Waals surface area contributed by atoms with Crippen molar-refractivity contribution in [3.63, 3.8) is 0 Å². The van der Waals surface area contributed by atoms with Gasteiger partial charge in [0.05, 0.1) is 22.8 Å². The van der Waals surface area contributed by atoms with E-state index in [4.69, 9.17) is 11.6 Å². The number of nitrogens with one attached hydrogen (secondary N) is 1. The highest BCUT2D eigenvalue weighted by Gasteiger charge is 2.19. The molecule has 1 N–H and O–H groups in total. The summed E-state index contributed by atoms with van der Waals surface area (Å²) in [5, 5.41) is 6.64.